The maximum atomic E-state index is 12.9. The minimum absolute atomic E-state index is 0.0576. The van der Waals surface area contributed by atoms with Crippen molar-refractivity contribution in [2.24, 2.45) is 0 Å². The van der Waals surface area contributed by atoms with E-state index < -0.39 is 17.8 Å². The average Bonchev–Trinajstić information content (AvgIpc) is 2.82. The van der Waals surface area contributed by atoms with Gasteiger partial charge in [0.25, 0.3) is 0 Å². The van der Waals surface area contributed by atoms with Gasteiger partial charge in [0.2, 0.25) is 0 Å². The molecule has 0 atom stereocenters. The van der Waals surface area contributed by atoms with Crippen LogP contribution in [0.4, 0.5) is 23.7 Å². The Morgan fingerprint density at radius 3 is 2.61 bits per heavy atom. The van der Waals surface area contributed by atoms with Crippen LogP contribution in [0.5, 0.6) is 5.75 Å². The number of rotatable bonds is 5. The van der Waals surface area contributed by atoms with Crippen molar-refractivity contribution >= 4 is 22.5 Å². The Hall–Kier alpha value is -4.07. The third kappa shape index (κ3) is 5.06. The Morgan fingerprint density at radius 1 is 1.00 bits per heavy atom. The molecule has 0 bridgehead atoms. The molecule has 8 heteroatoms. The number of anilines is 1. The summed E-state index contributed by atoms with van der Waals surface area (Å²) in [6.45, 7) is 0.172. The third-order valence-corrected chi connectivity index (χ3v) is 5.18. The molecule has 33 heavy (non-hydrogen) atoms. The molecule has 0 radical (unpaired) electrons. The van der Waals surface area contributed by atoms with Gasteiger partial charge in [-0.15, -0.1) is 0 Å². The van der Waals surface area contributed by atoms with Crippen molar-refractivity contribution < 1.29 is 22.7 Å². The van der Waals surface area contributed by atoms with Gasteiger partial charge in [-0.3, -0.25) is 4.98 Å². The van der Waals surface area contributed by atoms with Gasteiger partial charge < -0.3 is 15.4 Å². The van der Waals surface area contributed by atoms with Crippen LogP contribution in [0.25, 0.3) is 21.9 Å². The fourth-order valence-corrected chi connectivity index (χ4v) is 3.57. The second-order valence-corrected chi connectivity index (χ2v) is 7.31. The van der Waals surface area contributed by atoms with Crippen LogP contribution in [-0.4, -0.2) is 18.1 Å². The molecule has 2 N–H and O–H groups in total. The van der Waals surface area contributed by atoms with Gasteiger partial charge in [0.05, 0.1) is 12.7 Å². The maximum Gasteiger partial charge on any atom is 0.416 e. The van der Waals surface area contributed by atoms with Crippen molar-refractivity contribution in [3.05, 3.63) is 90.3 Å². The molecule has 0 saturated carbocycles. The zero-order valence-corrected chi connectivity index (χ0v) is 17.6. The van der Waals surface area contributed by atoms with Gasteiger partial charge in [0, 0.05) is 30.0 Å². The first kappa shape index (κ1) is 22.1. The number of hydrogen-bond donors (Lipinski definition) is 2. The molecule has 0 aliphatic rings. The lowest BCUT2D eigenvalue weighted by Gasteiger charge is -2.14. The zero-order valence-electron chi connectivity index (χ0n) is 17.6. The zero-order chi connectivity index (χ0) is 23.4. The Kier molecular flexibility index (Phi) is 6.17. The van der Waals surface area contributed by atoms with E-state index in [0.29, 0.717) is 0 Å². The summed E-state index contributed by atoms with van der Waals surface area (Å²) in [7, 11) is 1.61. The number of carbonyl (C=O) groups is 1. The summed E-state index contributed by atoms with van der Waals surface area (Å²) in [5.41, 5.74) is 2.02. The number of aromatic nitrogens is 1. The van der Waals surface area contributed by atoms with Crippen molar-refractivity contribution in [3.8, 4) is 16.9 Å². The molecule has 4 rings (SSSR count). The highest BCUT2D eigenvalue weighted by molar-refractivity contribution is 5.98. The molecular formula is C25H20F3N3O2. The largest absolute Gasteiger partial charge is 0.497 e. The quantitative estimate of drug-likeness (QED) is 0.377. The topological polar surface area (TPSA) is 63.2 Å². The number of nitrogens with zero attached hydrogens (tertiary/aromatic N) is 1. The van der Waals surface area contributed by atoms with Crippen LogP contribution in [0.1, 0.15) is 11.1 Å². The van der Waals surface area contributed by atoms with E-state index in [0.717, 1.165) is 45.3 Å². The van der Waals surface area contributed by atoms with Crippen LogP contribution < -0.4 is 15.4 Å². The number of nitrogens with one attached hydrogen (secondary N) is 2. The summed E-state index contributed by atoms with van der Waals surface area (Å²) in [6.07, 6.45) is -1.06. The summed E-state index contributed by atoms with van der Waals surface area (Å²) >= 11 is 0. The molecule has 0 fully saturated rings. The number of hydrogen-bond acceptors (Lipinski definition) is 3. The van der Waals surface area contributed by atoms with Gasteiger partial charge >= 0.3 is 12.2 Å². The van der Waals surface area contributed by atoms with Gasteiger partial charge in [0.1, 0.15) is 5.75 Å². The van der Waals surface area contributed by atoms with E-state index in [1.165, 1.54) is 12.1 Å². The summed E-state index contributed by atoms with van der Waals surface area (Å²) in [6, 6.07) is 17.3. The Bertz CT molecular complexity index is 1310. The number of fused-ring (bicyclic) bond motifs is 1. The lowest BCUT2D eigenvalue weighted by Crippen LogP contribution is -2.28. The Morgan fingerprint density at radius 2 is 1.82 bits per heavy atom. The van der Waals surface area contributed by atoms with Gasteiger partial charge in [-0.25, -0.2) is 4.79 Å². The first-order valence-electron chi connectivity index (χ1n) is 10.1. The molecule has 5 nitrogen and oxygen atoms in total. The van der Waals surface area contributed by atoms with Gasteiger partial charge in [-0.05, 0) is 58.5 Å². The number of benzene rings is 3. The number of carbonyl (C=O) groups excluding carboxylic acids is 1. The highest BCUT2D eigenvalue weighted by Crippen LogP contribution is 2.32. The van der Waals surface area contributed by atoms with E-state index in [2.05, 4.69) is 15.6 Å². The normalized spacial score (nSPS) is 11.3. The lowest BCUT2D eigenvalue weighted by molar-refractivity contribution is -0.137. The number of amides is 2. The predicted octanol–water partition coefficient (Wildman–Crippen LogP) is 6.25. The minimum Gasteiger partial charge on any atom is -0.497 e. The molecule has 0 aliphatic heterocycles. The summed E-state index contributed by atoms with van der Waals surface area (Å²) in [5, 5.41) is 6.95. The molecule has 0 unspecified atom stereocenters. The van der Waals surface area contributed by atoms with Crippen LogP contribution in [0.3, 0.4) is 0 Å². The van der Waals surface area contributed by atoms with Crippen LogP contribution >= 0.6 is 0 Å². The molecule has 1 heterocycles. The molecule has 0 aliphatic carbocycles. The first-order valence-corrected chi connectivity index (χ1v) is 10.1. The maximum absolute atomic E-state index is 12.9. The standard InChI is InChI=1S/C25H20F3N3O2/c1-33-20-7-2-4-16(12-20)21-9-8-17(23-15-29-11-10-22(21)23)14-30-24(32)31-19-6-3-5-18(13-19)25(26,27)28/h2-13,15H,14H2,1H3,(H2,30,31,32). The first-order chi connectivity index (χ1) is 15.8. The van der Waals surface area contributed by atoms with Crippen molar-refractivity contribution in [1.29, 1.82) is 0 Å². The molecule has 0 spiro atoms. The number of alkyl halides is 3. The molecule has 1 aromatic heterocycles. The van der Waals surface area contributed by atoms with E-state index in [9.17, 15) is 18.0 Å². The highest BCUT2D eigenvalue weighted by Gasteiger charge is 2.30. The van der Waals surface area contributed by atoms with Crippen molar-refractivity contribution in [2.45, 2.75) is 12.7 Å². The van der Waals surface area contributed by atoms with Crippen molar-refractivity contribution in [2.75, 3.05) is 12.4 Å². The van der Waals surface area contributed by atoms with E-state index in [1.54, 1.807) is 19.5 Å². The molecular weight excluding hydrogens is 431 g/mol. The van der Waals surface area contributed by atoms with Crippen molar-refractivity contribution in [3.63, 3.8) is 0 Å². The van der Waals surface area contributed by atoms with Crippen molar-refractivity contribution in [1.82, 2.24) is 10.3 Å². The second-order valence-electron chi connectivity index (χ2n) is 7.31. The number of urea groups is 1. The summed E-state index contributed by atoms with van der Waals surface area (Å²) < 4.78 is 44.0. The van der Waals surface area contributed by atoms with Crippen LogP contribution in [-0.2, 0) is 12.7 Å². The number of halogens is 3. The second kappa shape index (κ2) is 9.20. The Labute approximate surface area is 188 Å². The summed E-state index contributed by atoms with van der Waals surface area (Å²) in [5.74, 6) is 0.742. The van der Waals surface area contributed by atoms with Gasteiger partial charge in [-0.1, -0.05) is 30.3 Å². The minimum atomic E-state index is -4.48. The predicted molar refractivity (Wildman–Crippen MR) is 121 cm³/mol. The fraction of sp³-hybridized carbons (Fsp3) is 0.120. The molecule has 168 valence electrons. The molecule has 2 amide bonds. The van der Waals surface area contributed by atoms with Crippen LogP contribution in [0.2, 0.25) is 0 Å². The Balaban J connectivity index is 1.53. The SMILES string of the molecule is COc1cccc(-c2ccc(CNC(=O)Nc3cccc(C(F)(F)F)c3)c3cnccc23)c1. The highest BCUT2D eigenvalue weighted by atomic mass is 19.4. The number of methoxy groups -OCH3 is 1. The molecule has 4 aromatic rings. The fourth-order valence-electron chi connectivity index (χ4n) is 3.57. The van der Waals surface area contributed by atoms with E-state index in [4.69, 9.17) is 4.74 Å². The monoisotopic (exact) mass is 451 g/mol. The van der Waals surface area contributed by atoms with E-state index in [-0.39, 0.29) is 12.2 Å². The smallest absolute Gasteiger partial charge is 0.416 e. The van der Waals surface area contributed by atoms with E-state index >= 15 is 0 Å². The van der Waals surface area contributed by atoms with Gasteiger partial charge in [0.15, 0.2) is 0 Å². The van der Waals surface area contributed by atoms with Crippen LogP contribution in [0.15, 0.2) is 79.1 Å². The number of pyridine rings is 1. The average molecular weight is 451 g/mol. The van der Waals surface area contributed by atoms with E-state index in [1.807, 2.05) is 42.5 Å². The summed E-state index contributed by atoms with van der Waals surface area (Å²) in [4.78, 5) is 16.5. The van der Waals surface area contributed by atoms with Gasteiger partial charge in [-0.2, -0.15) is 13.2 Å². The number of ether oxygens (including phenoxy) is 1. The third-order valence-electron chi connectivity index (χ3n) is 5.18. The lowest BCUT2D eigenvalue weighted by atomic mass is 9.96. The molecule has 0 saturated heterocycles. The molecule has 3 aromatic carbocycles. The van der Waals surface area contributed by atoms with Crippen LogP contribution in [0, 0.1) is 0 Å².